The van der Waals surface area contributed by atoms with Crippen molar-refractivity contribution in [3.05, 3.63) is 11.1 Å². The molecule has 0 rings (SSSR count). The highest BCUT2D eigenvalue weighted by Gasteiger charge is 2.15. The second-order valence-electron chi connectivity index (χ2n) is 5.12. The first-order valence-electron chi connectivity index (χ1n) is 6.85. The van der Waals surface area contributed by atoms with Gasteiger partial charge >= 0.3 is 5.97 Å². The van der Waals surface area contributed by atoms with Crippen LogP contribution in [0.2, 0.25) is 0 Å². The van der Waals surface area contributed by atoms with E-state index in [0.717, 1.165) is 24.0 Å². The standard InChI is InChI=1S/C15H28O2/c1-6-7-8-9-10-11-17-15(16)14(12(2)3)13(4)5/h12H,6-11H2,1-5H3. The van der Waals surface area contributed by atoms with E-state index < -0.39 is 0 Å². The molecule has 0 aromatic heterocycles. The van der Waals surface area contributed by atoms with E-state index in [1.807, 2.05) is 27.7 Å². The van der Waals surface area contributed by atoms with Crippen LogP contribution in [0.4, 0.5) is 0 Å². The molecule has 0 N–H and O–H groups in total. The number of unbranched alkanes of at least 4 members (excludes halogenated alkanes) is 4. The zero-order chi connectivity index (χ0) is 13.3. The fourth-order valence-corrected chi connectivity index (χ4v) is 1.97. The lowest BCUT2D eigenvalue weighted by Crippen LogP contribution is -2.14. The van der Waals surface area contributed by atoms with Crippen molar-refractivity contribution in [3.8, 4) is 0 Å². The van der Waals surface area contributed by atoms with Gasteiger partial charge in [0.2, 0.25) is 0 Å². The van der Waals surface area contributed by atoms with Crippen molar-refractivity contribution in [3.63, 3.8) is 0 Å². The Kier molecular flexibility index (Phi) is 8.83. The molecule has 0 aromatic carbocycles. The van der Waals surface area contributed by atoms with E-state index in [2.05, 4.69) is 6.92 Å². The van der Waals surface area contributed by atoms with Crippen molar-refractivity contribution in [1.82, 2.24) is 0 Å². The third kappa shape index (κ3) is 7.19. The molecule has 2 nitrogen and oxygen atoms in total. The molecule has 0 spiro atoms. The Balaban J connectivity index is 3.89. The molecular formula is C15H28O2. The maximum Gasteiger partial charge on any atom is 0.334 e. The quantitative estimate of drug-likeness (QED) is 0.355. The summed E-state index contributed by atoms with van der Waals surface area (Å²) in [6.07, 6.45) is 5.91. The van der Waals surface area contributed by atoms with Gasteiger partial charge < -0.3 is 4.74 Å². The number of carbonyl (C=O) groups excluding carboxylic acids is 1. The Labute approximate surface area is 106 Å². The van der Waals surface area contributed by atoms with Crippen molar-refractivity contribution in [2.24, 2.45) is 5.92 Å². The highest BCUT2D eigenvalue weighted by Crippen LogP contribution is 2.16. The summed E-state index contributed by atoms with van der Waals surface area (Å²) in [5, 5.41) is 0. The zero-order valence-electron chi connectivity index (χ0n) is 12.1. The van der Waals surface area contributed by atoms with Crippen molar-refractivity contribution in [2.75, 3.05) is 6.61 Å². The normalized spacial score (nSPS) is 10.5. The van der Waals surface area contributed by atoms with Crippen LogP contribution in [0.15, 0.2) is 11.1 Å². The highest BCUT2D eigenvalue weighted by molar-refractivity contribution is 5.89. The van der Waals surface area contributed by atoms with Gasteiger partial charge in [-0.1, -0.05) is 52.0 Å². The fraction of sp³-hybridized carbons (Fsp3) is 0.800. The molecule has 0 heterocycles. The van der Waals surface area contributed by atoms with Gasteiger partial charge in [0.15, 0.2) is 0 Å². The second kappa shape index (κ2) is 9.26. The molecule has 0 saturated heterocycles. The summed E-state index contributed by atoms with van der Waals surface area (Å²) in [4.78, 5) is 11.8. The number of hydrogen-bond donors (Lipinski definition) is 0. The van der Waals surface area contributed by atoms with Gasteiger partial charge in [-0.3, -0.25) is 0 Å². The highest BCUT2D eigenvalue weighted by atomic mass is 16.5. The number of hydrogen-bond acceptors (Lipinski definition) is 2. The predicted molar refractivity (Wildman–Crippen MR) is 72.9 cm³/mol. The molecular weight excluding hydrogens is 212 g/mol. The van der Waals surface area contributed by atoms with Crippen LogP contribution < -0.4 is 0 Å². The van der Waals surface area contributed by atoms with Gasteiger partial charge in [-0.2, -0.15) is 0 Å². The van der Waals surface area contributed by atoms with E-state index in [4.69, 9.17) is 4.74 Å². The Morgan fingerprint density at radius 2 is 1.65 bits per heavy atom. The van der Waals surface area contributed by atoms with Crippen LogP contribution in [-0.4, -0.2) is 12.6 Å². The monoisotopic (exact) mass is 240 g/mol. The summed E-state index contributed by atoms with van der Waals surface area (Å²) in [5.74, 6) is 0.114. The average Bonchev–Trinajstić information content (AvgIpc) is 2.22. The molecule has 0 atom stereocenters. The number of ether oxygens (including phenoxy) is 1. The van der Waals surface area contributed by atoms with E-state index in [-0.39, 0.29) is 11.9 Å². The maximum atomic E-state index is 11.8. The molecule has 0 aromatic rings. The first kappa shape index (κ1) is 16.2. The van der Waals surface area contributed by atoms with Crippen LogP contribution >= 0.6 is 0 Å². The molecule has 0 radical (unpaired) electrons. The summed E-state index contributed by atoms with van der Waals surface area (Å²) in [7, 11) is 0. The minimum Gasteiger partial charge on any atom is -0.462 e. The zero-order valence-corrected chi connectivity index (χ0v) is 12.1. The Morgan fingerprint density at radius 3 is 2.12 bits per heavy atom. The molecule has 17 heavy (non-hydrogen) atoms. The number of rotatable bonds is 8. The van der Waals surface area contributed by atoms with Crippen LogP contribution in [0.25, 0.3) is 0 Å². The Bertz CT molecular complexity index is 248. The summed E-state index contributed by atoms with van der Waals surface area (Å²) in [6.45, 7) is 10.8. The molecule has 0 unspecified atom stereocenters. The third-order valence-electron chi connectivity index (χ3n) is 2.82. The van der Waals surface area contributed by atoms with E-state index in [1.165, 1.54) is 19.3 Å². The molecule has 0 saturated carbocycles. The van der Waals surface area contributed by atoms with Crippen molar-refractivity contribution >= 4 is 5.97 Å². The lowest BCUT2D eigenvalue weighted by atomic mass is 9.99. The molecule has 0 fully saturated rings. The van der Waals surface area contributed by atoms with Gasteiger partial charge in [0.1, 0.15) is 0 Å². The fourth-order valence-electron chi connectivity index (χ4n) is 1.97. The molecule has 0 bridgehead atoms. The second-order valence-corrected chi connectivity index (χ2v) is 5.12. The molecule has 2 heteroatoms. The van der Waals surface area contributed by atoms with Gasteiger partial charge in [0, 0.05) is 5.57 Å². The van der Waals surface area contributed by atoms with Gasteiger partial charge in [0.05, 0.1) is 6.61 Å². The summed E-state index contributed by atoms with van der Waals surface area (Å²) in [5.41, 5.74) is 1.90. The van der Waals surface area contributed by atoms with Gasteiger partial charge in [-0.15, -0.1) is 0 Å². The maximum absolute atomic E-state index is 11.8. The lowest BCUT2D eigenvalue weighted by molar-refractivity contribution is -0.139. The molecule has 100 valence electrons. The van der Waals surface area contributed by atoms with Crippen molar-refractivity contribution in [1.29, 1.82) is 0 Å². The molecule has 0 aliphatic carbocycles. The van der Waals surface area contributed by atoms with Crippen LogP contribution in [0, 0.1) is 5.92 Å². The minimum absolute atomic E-state index is 0.129. The van der Waals surface area contributed by atoms with Crippen LogP contribution in [-0.2, 0) is 9.53 Å². The predicted octanol–water partition coefficient (Wildman–Crippen LogP) is 4.49. The van der Waals surface area contributed by atoms with Crippen LogP contribution in [0.1, 0.15) is 66.7 Å². The summed E-state index contributed by atoms with van der Waals surface area (Å²) >= 11 is 0. The first-order chi connectivity index (χ1) is 8.00. The van der Waals surface area contributed by atoms with Crippen molar-refractivity contribution < 1.29 is 9.53 Å². The van der Waals surface area contributed by atoms with Crippen molar-refractivity contribution in [2.45, 2.75) is 66.7 Å². The van der Waals surface area contributed by atoms with Gasteiger partial charge in [-0.25, -0.2) is 4.79 Å². The summed E-state index contributed by atoms with van der Waals surface area (Å²) < 4.78 is 5.31. The first-order valence-corrected chi connectivity index (χ1v) is 6.85. The van der Waals surface area contributed by atoms with E-state index in [0.29, 0.717) is 6.61 Å². The third-order valence-corrected chi connectivity index (χ3v) is 2.82. The van der Waals surface area contributed by atoms with E-state index >= 15 is 0 Å². The van der Waals surface area contributed by atoms with E-state index in [1.54, 1.807) is 0 Å². The van der Waals surface area contributed by atoms with Crippen LogP contribution in [0.3, 0.4) is 0 Å². The average molecular weight is 240 g/mol. The van der Waals surface area contributed by atoms with Gasteiger partial charge in [0.25, 0.3) is 0 Å². The van der Waals surface area contributed by atoms with Crippen LogP contribution in [0.5, 0.6) is 0 Å². The van der Waals surface area contributed by atoms with Gasteiger partial charge in [-0.05, 0) is 26.2 Å². The molecule has 0 aliphatic heterocycles. The Morgan fingerprint density at radius 1 is 1.06 bits per heavy atom. The smallest absolute Gasteiger partial charge is 0.334 e. The molecule has 0 amide bonds. The number of carbonyl (C=O) groups is 1. The number of allylic oxidation sites excluding steroid dienone is 1. The topological polar surface area (TPSA) is 26.3 Å². The molecule has 0 aliphatic rings. The minimum atomic E-state index is -0.129. The van der Waals surface area contributed by atoms with E-state index in [9.17, 15) is 4.79 Å². The SMILES string of the molecule is CCCCCCCOC(=O)C(=C(C)C)C(C)C. The lowest BCUT2D eigenvalue weighted by Gasteiger charge is -2.13. The Hall–Kier alpha value is -0.790. The largest absolute Gasteiger partial charge is 0.462 e. The number of esters is 1. The summed E-state index contributed by atoms with van der Waals surface area (Å²) in [6, 6.07) is 0.